The number of carbonyl (C=O) groups excluding carboxylic acids is 1. The highest BCUT2D eigenvalue weighted by Gasteiger charge is 2.23. The van der Waals surface area contributed by atoms with Crippen molar-refractivity contribution in [2.24, 2.45) is 5.92 Å². The Bertz CT molecular complexity index is 461. The maximum Gasteiger partial charge on any atom is 0.254 e. The zero-order valence-electron chi connectivity index (χ0n) is 10.8. The molecular formula is C14H17ClFNO2. The first-order chi connectivity index (χ1) is 9.08. The number of hydrogen-bond donors (Lipinski definition) is 1. The number of rotatable bonds is 3. The summed E-state index contributed by atoms with van der Waals surface area (Å²) in [7, 11) is 0. The number of benzene rings is 1. The molecule has 1 amide bonds. The predicted molar refractivity (Wildman–Crippen MR) is 71.9 cm³/mol. The maximum absolute atomic E-state index is 13.6. The van der Waals surface area contributed by atoms with Crippen molar-refractivity contribution in [3.8, 4) is 0 Å². The molecule has 1 heterocycles. The molecule has 0 aromatic heterocycles. The van der Waals surface area contributed by atoms with Crippen LogP contribution < -0.4 is 5.32 Å². The van der Waals surface area contributed by atoms with Crippen LogP contribution in [0.5, 0.6) is 0 Å². The number of amides is 1. The van der Waals surface area contributed by atoms with E-state index in [2.05, 4.69) is 5.32 Å². The fourth-order valence-corrected chi connectivity index (χ4v) is 2.46. The molecule has 104 valence electrons. The average Bonchev–Trinajstić information content (AvgIpc) is 2.42. The van der Waals surface area contributed by atoms with Crippen LogP contribution in [0.4, 0.5) is 4.39 Å². The second-order valence-corrected chi connectivity index (χ2v) is 5.27. The molecule has 0 spiro atoms. The monoisotopic (exact) mass is 285 g/mol. The van der Waals surface area contributed by atoms with Gasteiger partial charge >= 0.3 is 0 Å². The van der Waals surface area contributed by atoms with Crippen molar-refractivity contribution < 1.29 is 13.9 Å². The lowest BCUT2D eigenvalue weighted by Crippen LogP contribution is -2.40. The number of nitrogens with one attached hydrogen (secondary N) is 1. The topological polar surface area (TPSA) is 38.3 Å². The van der Waals surface area contributed by atoms with Crippen LogP contribution in [0.25, 0.3) is 0 Å². The zero-order chi connectivity index (χ0) is 13.8. The second-order valence-electron chi connectivity index (χ2n) is 4.84. The Balaban J connectivity index is 2.01. The molecule has 3 nitrogen and oxygen atoms in total. The lowest BCUT2D eigenvalue weighted by molar-refractivity contribution is 0.0537. The summed E-state index contributed by atoms with van der Waals surface area (Å²) in [6.07, 6.45) is 1.83. The summed E-state index contributed by atoms with van der Waals surface area (Å²) in [5, 5.41) is 3.19. The van der Waals surface area contributed by atoms with Crippen LogP contribution in [-0.4, -0.2) is 25.2 Å². The van der Waals surface area contributed by atoms with E-state index in [9.17, 15) is 9.18 Å². The van der Waals surface area contributed by atoms with Crippen molar-refractivity contribution in [3.63, 3.8) is 0 Å². The molecular weight excluding hydrogens is 269 g/mol. The number of carbonyl (C=O) groups is 1. The Morgan fingerprint density at radius 3 is 2.84 bits per heavy atom. The first kappa shape index (κ1) is 14.3. The smallest absolute Gasteiger partial charge is 0.254 e. The summed E-state index contributed by atoms with van der Waals surface area (Å²) in [5.74, 6) is -0.597. The SMILES string of the molecule is CC(NC(=O)c1cc(Cl)ccc1F)C1CCOCC1. The minimum atomic E-state index is -0.555. The van der Waals surface area contributed by atoms with E-state index >= 15 is 0 Å². The molecule has 1 unspecified atom stereocenters. The minimum absolute atomic E-state index is 0.00483. The van der Waals surface area contributed by atoms with E-state index in [0.717, 1.165) is 26.1 Å². The highest BCUT2D eigenvalue weighted by Crippen LogP contribution is 2.20. The summed E-state index contributed by atoms with van der Waals surface area (Å²) in [5.41, 5.74) is -0.00795. The predicted octanol–water partition coefficient (Wildman–Crippen LogP) is 3.02. The van der Waals surface area contributed by atoms with Gasteiger partial charge in [0.1, 0.15) is 5.82 Å². The Kier molecular flexibility index (Phi) is 4.77. The molecule has 0 aliphatic carbocycles. The van der Waals surface area contributed by atoms with Crippen LogP contribution in [0, 0.1) is 11.7 Å². The summed E-state index contributed by atoms with van der Waals surface area (Å²) >= 11 is 5.78. The molecule has 0 saturated carbocycles. The van der Waals surface area contributed by atoms with Gasteiger partial charge in [-0.3, -0.25) is 4.79 Å². The Hall–Kier alpha value is -1.13. The molecule has 1 aliphatic rings. The minimum Gasteiger partial charge on any atom is -0.381 e. The van der Waals surface area contributed by atoms with Gasteiger partial charge in [0, 0.05) is 24.3 Å². The third kappa shape index (κ3) is 3.67. The summed E-state index contributed by atoms with van der Waals surface area (Å²) < 4.78 is 18.9. The van der Waals surface area contributed by atoms with Crippen molar-refractivity contribution in [2.75, 3.05) is 13.2 Å². The lowest BCUT2D eigenvalue weighted by atomic mass is 9.93. The molecule has 1 atom stereocenters. The third-order valence-electron chi connectivity index (χ3n) is 3.50. The third-order valence-corrected chi connectivity index (χ3v) is 3.74. The van der Waals surface area contributed by atoms with E-state index in [1.54, 1.807) is 0 Å². The van der Waals surface area contributed by atoms with Gasteiger partial charge in [-0.2, -0.15) is 0 Å². The van der Waals surface area contributed by atoms with E-state index in [1.165, 1.54) is 18.2 Å². The van der Waals surface area contributed by atoms with Gasteiger partial charge in [-0.15, -0.1) is 0 Å². The average molecular weight is 286 g/mol. The van der Waals surface area contributed by atoms with Crippen LogP contribution in [0.3, 0.4) is 0 Å². The van der Waals surface area contributed by atoms with Gasteiger partial charge in [-0.1, -0.05) is 11.6 Å². The largest absolute Gasteiger partial charge is 0.381 e. The number of ether oxygens (including phenoxy) is 1. The highest BCUT2D eigenvalue weighted by atomic mass is 35.5. The lowest BCUT2D eigenvalue weighted by Gasteiger charge is -2.28. The normalized spacial score (nSPS) is 18.1. The van der Waals surface area contributed by atoms with Crippen molar-refractivity contribution in [1.82, 2.24) is 5.32 Å². The van der Waals surface area contributed by atoms with Gasteiger partial charge in [0.15, 0.2) is 0 Å². The van der Waals surface area contributed by atoms with E-state index in [1.807, 2.05) is 6.92 Å². The van der Waals surface area contributed by atoms with Gasteiger partial charge in [-0.25, -0.2) is 4.39 Å². The van der Waals surface area contributed by atoms with Crippen LogP contribution >= 0.6 is 11.6 Å². The van der Waals surface area contributed by atoms with Crippen LogP contribution in [0.2, 0.25) is 5.02 Å². The molecule has 1 aromatic carbocycles. The second kappa shape index (κ2) is 6.35. The van der Waals surface area contributed by atoms with Crippen molar-refractivity contribution >= 4 is 17.5 Å². The first-order valence-corrected chi connectivity index (χ1v) is 6.79. The Morgan fingerprint density at radius 2 is 2.16 bits per heavy atom. The van der Waals surface area contributed by atoms with Gasteiger partial charge in [0.25, 0.3) is 5.91 Å². The standard InChI is InChI=1S/C14H17ClFNO2/c1-9(10-4-6-19-7-5-10)17-14(18)12-8-11(15)2-3-13(12)16/h2-3,8-10H,4-7H2,1H3,(H,17,18). The fraction of sp³-hybridized carbons (Fsp3) is 0.500. The molecule has 5 heteroatoms. The van der Waals surface area contributed by atoms with Crippen LogP contribution in [-0.2, 0) is 4.74 Å². The summed E-state index contributed by atoms with van der Waals surface area (Å²) in [6.45, 7) is 3.38. The quantitative estimate of drug-likeness (QED) is 0.927. The molecule has 1 fully saturated rings. The van der Waals surface area contributed by atoms with Crippen molar-refractivity contribution in [3.05, 3.63) is 34.6 Å². The Labute approximate surface area is 117 Å². The van der Waals surface area contributed by atoms with E-state index in [-0.39, 0.29) is 11.6 Å². The molecule has 1 N–H and O–H groups in total. The fourth-order valence-electron chi connectivity index (χ4n) is 2.29. The summed E-state index contributed by atoms with van der Waals surface area (Å²) in [4.78, 5) is 12.0. The van der Waals surface area contributed by atoms with Gasteiger partial charge in [0.2, 0.25) is 0 Å². The highest BCUT2D eigenvalue weighted by molar-refractivity contribution is 6.31. The van der Waals surface area contributed by atoms with E-state index < -0.39 is 11.7 Å². The van der Waals surface area contributed by atoms with Crippen molar-refractivity contribution in [1.29, 1.82) is 0 Å². The van der Waals surface area contributed by atoms with E-state index in [0.29, 0.717) is 10.9 Å². The van der Waals surface area contributed by atoms with Gasteiger partial charge in [-0.05, 0) is 43.9 Å². The van der Waals surface area contributed by atoms with Crippen molar-refractivity contribution in [2.45, 2.75) is 25.8 Å². The number of halogens is 2. The number of hydrogen-bond acceptors (Lipinski definition) is 2. The molecule has 19 heavy (non-hydrogen) atoms. The molecule has 1 aliphatic heterocycles. The molecule has 2 rings (SSSR count). The molecule has 1 aromatic rings. The molecule has 1 saturated heterocycles. The van der Waals surface area contributed by atoms with Crippen LogP contribution in [0.1, 0.15) is 30.1 Å². The molecule has 0 bridgehead atoms. The summed E-state index contributed by atoms with van der Waals surface area (Å²) in [6, 6.07) is 3.98. The Morgan fingerprint density at radius 1 is 1.47 bits per heavy atom. The zero-order valence-corrected chi connectivity index (χ0v) is 11.5. The van der Waals surface area contributed by atoms with E-state index in [4.69, 9.17) is 16.3 Å². The van der Waals surface area contributed by atoms with Gasteiger partial charge in [0.05, 0.1) is 5.56 Å². The first-order valence-electron chi connectivity index (χ1n) is 6.41. The maximum atomic E-state index is 13.6. The van der Waals surface area contributed by atoms with Crippen LogP contribution in [0.15, 0.2) is 18.2 Å². The molecule has 0 radical (unpaired) electrons. The van der Waals surface area contributed by atoms with Gasteiger partial charge < -0.3 is 10.1 Å².